The summed E-state index contributed by atoms with van der Waals surface area (Å²) in [4.78, 5) is 18.2. The lowest BCUT2D eigenvalue weighted by Crippen LogP contribution is -2.50. The van der Waals surface area contributed by atoms with Gasteiger partial charge in [0.15, 0.2) is 0 Å². The maximum Gasteiger partial charge on any atom is 0.253 e. The van der Waals surface area contributed by atoms with Crippen LogP contribution in [0.2, 0.25) is 0 Å². The van der Waals surface area contributed by atoms with Crippen molar-refractivity contribution in [3.63, 3.8) is 0 Å². The van der Waals surface area contributed by atoms with Gasteiger partial charge in [-0.2, -0.15) is 0 Å². The molecule has 2 aliphatic heterocycles. The summed E-state index contributed by atoms with van der Waals surface area (Å²) in [5.41, 5.74) is 1.61. The molecule has 5 rings (SSSR count). The van der Waals surface area contributed by atoms with Gasteiger partial charge in [0.2, 0.25) is 0 Å². The van der Waals surface area contributed by atoms with Crippen LogP contribution in [0.25, 0.3) is 10.9 Å². The maximum absolute atomic E-state index is 13.0. The van der Waals surface area contributed by atoms with Crippen LogP contribution in [0.5, 0.6) is 0 Å². The average Bonchev–Trinajstić information content (AvgIpc) is 3.24. The second kappa shape index (κ2) is 6.39. The number of likely N-dealkylation sites (tertiary alicyclic amines) is 1. The second-order valence-electron chi connectivity index (χ2n) is 8.21. The van der Waals surface area contributed by atoms with Crippen molar-refractivity contribution in [2.24, 2.45) is 5.92 Å². The number of carbonyl (C=O) groups excluding carboxylic acids is 1. The third-order valence-corrected chi connectivity index (χ3v) is 6.07. The summed E-state index contributed by atoms with van der Waals surface area (Å²) in [6.07, 6.45) is 7.66. The molecular weight excluding hydrogens is 328 g/mol. The highest BCUT2D eigenvalue weighted by molar-refractivity contribution is 5.98. The van der Waals surface area contributed by atoms with Gasteiger partial charge in [0.05, 0.1) is 24.9 Å². The smallest absolute Gasteiger partial charge is 0.253 e. The number of H-pyrrole nitrogens is 1. The number of benzene rings is 1. The molecule has 2 saturated heterocycles. The highest BCUT2D eigenvalue weighted by Crippen LogP contribution is 2.37. The van der Waals surface area contributed by atoms with Gasteiger partial charge in [-0.05, 0) is 55.9 Å². The molecule has 1 N–H and O–H groups in total. The van der Waals surface area contributed by atoms with Crippen LogP contribution >= 0.6 is 0 Å². The molecule has 3 fully saturated rings. The molecule has 1 saturated carbocycles. The average molecular weight is 354 g/mol. The van der Waals surface area contributed by atoms with E-state index in [2.05, 4.69) is 4.98 Å². The highest BCUT2D eigenvalue weighted by atomic mass is 16.6. The Morgan fingerprint density at radius 2 is 2.27 bits per heavy atom. The van der Waals surface area contributed by atoms with Crippen LogP contribution in [0, 0.1) is 5.92 Å². The minimum Gasteiger partial charge on any atom is -0.375 e. The van der Waals surface area contributed by atoms with Gasteiger partial charge in [-0.3, -0.25) is 4.79 Å². The van der Waals surface area contributed by atoms with Crippen molar-refractivity contribution in [2.75, 3.05) is 26.3 Å². The molecule has 1 spiro atoms. The second-order valence-corrected chi connectivity index (χ2v) is 8.21. The molecule has 138 valence electrons. The van der Waals surface area contributed by atoms with E-state index in [0.717, 1.165) is 54.8 Å². The number of hydrogen-bond acceptors (Lipinski definition) is 3. The third kappa shape index (κ3) is 3.14. The van der Waals surface area contributed by atoms with Crippen molar-refractivity contribution in [1.82, 2.24) is 9.88 Å². The number of aromatic amines is 1. The fourth-order valence-electron chi connectivity index (χ4n) is 4.39. The van der Waals surface area contributed by atoms with E-state index in [-0.39, 0.29) is 17.6 Å². The lowest BCUT2D eigenvalue weighted by atomic mass is 9.89. The van der Waals surface area contributed by atoms with Gasteiger partial charge in [-0.25, -0.2) is 0 Å². The van der Waals surface area contributed by atoms with Crippen LogP contribution in [0.15, 0.2) is 30.5 Å². The van der Waals surface area contributed by atoms with Crippen molar-refractivity contribution in [3.05, 3.63) is 36.0 Å². The van der Waals surface area contributed by atoms with Crippen molar-refractivity contribution in [1.29, 1.82) is 0 Å². The Bertz CT molecular complexity index is 812. The molecule has 0 bridgehead atoms. The molecule has 1 aromatic carbocycles. The lowest BCUT2D eigenvalue weighted by molar-refractivity contribution is -0.0464. The summed E-state index contributed by atoms with van der Waals surface area (Å²) in [7, 11) is 0. The van der Waals surface area contributed by atoms with Gasteiger partial charge in [-0.1, -0.05) is 0 Å². The van der Waals surface area contributed by atoms with E-state index in [1.807, 2.05) is 35.4 Å². The highest BCUT2D eigenvalue weighted by Gasteiger charge is 2.45. The Morgan fingerprint density at radius 3 is 3.15 bits per heavy atom. The molecule has 1 amide bonds. The van der Waals surface area contributed by atoms with Crippen molar-refractivity contribution >= 4 is 16.8 Å². The van der Waals surface area contributed by atoms with Crippen LogP contribution in [0.3, 0.4) is 0 Å². The molecule has 2 atom stereocenters. The van der Waals surface area contributed by atoms with Crippen molar-refractivity contribution in [3.8, 4) is 0 Å². The maximum atomic E-state index is 13.0. The molecular formula is C21H26N2O3. The summed E-state index contributed by atoms with van der Waals surface area (Å²) in [6.45, 7) is 3.04. The number of rotatable bonds is 4. The van der Waals surface area contributed by atoms with E-state index in [9.17, 15) is 4.79 Å². The molecule has 1 aliphatic carbocycles. The first-order valence-electron chi connectivity index (χ1n) is 9.83. The van der Waals surface area contributed by atoms with Crippen molar-refractivity contribution in [2.45, 2.75) is 43.8 Å². The van der Waals surface area contributed by atoms with E-state index in [0.29, 0.717) is 13.2 Å². The summed E-state index contributed by atoms with van der Waals surface area (Å²) < 4.78 is 12.2. The van der Waals surface area contributed by atoms with Crippen LogP contribution in [0.4, 0.5) is 0 Å². The fourth-order valence-corrected chi connectivity index (χ4v) is 4.39. The van der Waals surface area contributed by atoms with Crippen molar-refractivity contribution < 1.29 is 14.3 Å². The molecule has 5 nitrogen and oxygen atoms in total. The topological polar surface area (TPSA) is 54.6 Å². The SMILES string of the molecule is O=C(c1ccc2[nH]ccc2c1)N1CCC[C@@]2(C[C@H](OCC3CC3)CO2)C1. The quantitative estimate of drug-likeness (QED) is 0.916. The lowest BCUT2D eigenvalue weighted by Gasteiger charge is -2.39. The number of ether oxygens (including phenoxy) is 2. The number of hydrogen-bond donors (Lipinski definition) is 1. The zero-order valence-electron chi connectivity index (χ0n) is 15.1. The van der Waals surface area contributed by atoms with Crippen LogP contribution in [-0.2, 0) is 9.47 Å². The van der Waals surface area contributed by atoms with Gasteiger partial charge in [0, 0.05) is 42.2 Å². The van der Waals surface area contributed by atoms with Crippen LogP contribution in [-0.4, -0.2) is 53.8 Å². The summed E-state index contributed by atoms with van der Waals surface area (Å²) >= 11 is 0. The Morgan fingerprint density at radius 1 is 1.35 bits per heavy atom. The fraction of sp³-hybridized carbons (Fsp3) is 0.571. The molecule has 3 heterocycles. The van der Waals surface area contributed by atoms with Gasteiger partial charge < -0.3 is 19.4 Å². The zero-order chi connectivity index (χ0) is 17.6. The number of amides is 1. The van der Waals surface area contributed by atoms with E-state index < -0.39 is 0 Å². The number of carbonyl (C=O) groups is 1. The minimum absolute atomic E-state index is 0.109. The monoisotopic (exact) mass is 354 g/mol. The molecule has 0 radical (unpaired) electrons. The largest absolute Gasteiger partial charge is 0.375 e. The molecule has 3 aliphatic rings. The van der Waals surface area contributed by atoms with E-state index >= 15 is 0 Å². The van der Waals surface area contributed by atoms with Gasteiger partial charge in [0.25, 0.3) is 5.91 Å². The Labute approximate surface area is 153 Å². The number of piperidine rings is 1. The minimum atomic E-state index is -0.208. The van der Waals surface area contributed by atoms with Crippen LogP contribution in [0.1, 0.15) is 42.5 Å². The normalized spacial score (nSPS) is 28.9. The number of nitrogens with zero attached hydrogens (tertiary/aromatic N) is 1. The zero-order valence-corrected chi connectivity index (χ0v) is 15.1. The van der Waals surface area contributed by atoms with Gasteiger partial charge in [-0.15, -0.1) is 0 Å². The van der Waals surface area contributed by atoms with E-state index in [4.69, 9.17) is 9.47 Å². The number of fused-ring (bicyclic) bond motifs is 1. The molecule has 1 aromatic heterocycles. The van der Waals surface area contributed by atoms with Gasteiger partial charge in [0.1, 0.15) is 0 Å². The van der Waals surface area contributed by atoms with E-state index in [1.165, 1.54) is 12.8 Å². The molecule has 2 aromatic rings. The first kappa shape index (κ1) is 16.3. The Hall–Kier alpha value is -1.85. The predicted molar refractivity (Wildman–Crippen MR) is 99.2 cm³/mol. The predicted octanol–water partition coefficient (Wildman–Crippen LogP) is 3.36. The standard InChI is InChI=1S/C21H26N2O3/c24-20(17-4-5-19-16(10-17)6-8-22-19)23-9-1-7-21(14-23)11-18(13-26-21)25-12-15-2-3-15/h4-6,8,10,15,18,22H,1-3,7,9,11-14H2/t18-,21+/m0/s1. The molecule has 26 heavy (non-hydrogen) atoms. The molecule has 5 heteroatoms. The summed E-state index contributed by atoms with van der Waals surface area (Å²) in [5.74, 6) is 0.887. The van der Waals surface area contributed by atoms with Crippen LogP contribution < -0.4 is 0 Å². The first-order valence-corrected chi connectivity index (χ1v) is 9.83. The summed E-state index contributed by atoms with van der Waals surface area (Å²) in [6, 6.07) is 7.88. The number of nitrogens with one attached hydrogen (secondary N) is 1. The van der Waals surface area contributed by atoms with Gasteiger partial charge >= 0.3 is 0 Å². The third-order valence-electron chi connectivity index (χ3n) is 6.07. The summed E-state index contributed by atoms with van der Waals surface area (Å²) in [5, 5.41) is 1.08. The van der Waals surface area contributed by atoms with E-state index in [1.54, 1.807) is 0 Å². The Kier molecular flexibility index (Phi) is 4.02. The number of aromatic nitrogens is 1. The molecule has 0 unspecified atom stereocenters. The first-order chi connectivity index (χ1) is 12.7. The Balaban J connectivity index is 1.26.